The topological polar surface area (TPSA) is 101 Å². The van der Waals surface area contributed by atoms with Crippen molar-refractivity contribution in [1.29, 1.82) is 0 Å². The number of anilines is 2. The van der Waals surface area contributed by atoms with Crippen LogP contribution in [-0.4, -0.2) is 23.7 Å². The van der Waals surface area contributed by atoms with Crippen LogP contribution in [0.3, 0.4) is 0 Å². The molecular weight excluding hydrogens is 206 g/mol. The van der Waals surface area contributed by atoms with Gasteiger partial charge in [0.05, 0.1) is 11.4 Å². The van der Waals surface area contributed by atoms with Gasteiger partial charge >= 0.3 is 0 Å². The highest BCUT2D eigenvalue weighted by Crippen LogP contribution is 2.21. The van der Waals surface area contributed by atoms with Crippen molar-refractivity contribution < 1.29 is 9.90 Å². The first-order valence-electron chi connectivity index (χ1n) is 5.11. The number of aliphatic hydroxyl groups excluding tert-OH is 1. The Morgan fingerprint density at radius 3 is 2.81 bits per heavy atom. The predicted octanol–water partition coefficient (Wildman–Crippen LogP) is 0.550. The second kappa shape index (κ2) is 5.37. The first-order valence-corrected chi connectivity index (χ1v) is 5.11. The van der Waals surface area contributed by atoms with Crippen molar-refractivity contribution in [3.63, 3.8) is 0 Å². The SMILES string of the molecule is CC(CCO)Nc1cc(C(N)=O)ccc1N. The molecule has 0 spiro atoms. The molecule has 1 rings (SSSR count). The third kappa shape index (κ3) is 3.13. The number of nitrogens with one attached hydrogen (secondary N) is 1. The minimum absolute atomic E-state index is 0.0791. The van der Waals surface area contributed by atoms with E-state index in [4.69, 9.17) is 16.6 Å². The van der Waals surface area contributed by atoms with Gasteiger partial charge in [0.25, 0.3) is 0 Å². The third-order valence-corrected chi connectivity index (χ3v) is 2.30. The summed E-state index contributed by atoms with van der Waals surface area (Å²) in [7, 11) is 0. The Hall–Kier alpha value is -1.75. The summed E-state index contributed by atoms with van der Waals surface area (Å²) in [4.78, 5) is 11.0. The highest BCUT2D eigenvalue weighted by Gasteiger charge is 2.07. The molecule has 0 aliphatic heterocycles. The van der Waals surface area contributed by atoms with Crippen molar-refractivity contribution in [1.82, 2.24) is 0 Å². The van der Waals surface area contributed by atoms with Crippen LogP contribution in [0.15, 0.2) is 18.2 Å². The summed E-state index contributed by atoms with van der Waals surface area (Å²) in [5, 5.41) is 11.9. The number of amides is 1. The highest BCUT2D eigenvalue weighted by atomic mass is 16.3. The minimum Gasteiger partial charge on any atom is -0.397 e. The zero-order chi connectivity index (χ0) is 12.1. The molecule has 0 fully saturated rings. The number of hydrogen-bond donors (Lipinski definition) is 4. The van der Waals surface area contributed by atoms with Crippen LogP contribution in [0.25, 0.3) is 0 Å². The van der Waals surface area contributed by atoms with Gasteiger partial charge < -0.3 is 21.9 Å². The highest BCUT2D eigenvalue weighted by molar-refractivity contribution is 5.94. The van der Waals surface area contributed by atoms with Gasteiger partial charge in [0.15, 0.2) is 0 Å². The molecule has 1 aromatic rings. The minimum atomic E-state index is -0.488. The Kier molecular flexibility index (Phi) is 4.13. The number of nitrogens with two attached hydrogens (primary N) is 2. The molecule has 0 heterocycles. The van der Waals surface area contributed by atoms with E-state index in [9.17, 15) is 4.79 Å². The van der Waals surface area contributed by atoms with Crippen molar-refractivity contribution in [2.75, 3.05) is 17.7 Å². The van der Waals surface area contributed by atoms with Gasteiger partial charge in [-0.2, -0.15) is 0 Å². The van der Waals surface area contributed by atoms with Crippen LogP contribution in [0.1, 0.15) is 23.7 Å². The van der Waals surface area contributed by atoms with Crippen LogP contribution in [-0.2, 0) is 0 Å². The van der Waals surface area contributed by atoms with Crippen LogP contribution in [0.5, 0.6) is 0 Å². The van der Waals surface area contributed by atoms with Crippen molar-refractivity contribution in [2.24, 2.45) is 5.73 Å². The monoisotopic (exact) mass is 223 g/mol. The van der Waals surface area contributed by atoms with Crippen molar-refractivity contribution in [3.05, 3.63) is 23.8 Å². The van der Waals surface area contributed by atoms with E-state index in [1.165, 1.54) is 0 Å². The van der Waals surface area contributed by atoms with Crippen molar-refractivity contribution in [2.45, 2.75) is 19.4 Å². The van der Waals surface area contributed by atoms with E-state index in [-0.39, 0.29) is 12.6 Å². The molecule has 1 aromatic carbocycles. The molecule has 1 unspecified atom stereocenters. The lowest BCUT2D eigenvalue weighted by atomic mass is 10.1. The van der Waals surface area contributed by atoms with E-state index in [2.05, 4.69) is 5.32 Å². The summed E-state index contributed by atoms with van der Waals surface area (Å²) in [5.41, 5.74) is 12.6. The van der Waals surface area contributed by atoms with Crippen LogP contribution in [0.2, 0.25) is 0 Å². The maximum Gasteiger partial charge on any atom is 0.248 e. The maximum absolute atomic E-state index is 11.0. The first-order chi connectivity index (χ1) is 7.54. The molecule has 6 N–H and O–H groups in total. The fourth-order valence-electron chi connectivity index (χ4n) is 1.37. The van der Waals surface area contributed by atoms with Gasteiger partial charge in [-0.3, -0.25) is 4.79 Å². The molecule has 5 heteroatoms. The number of hydrogen-bond acceptors (Lipinski definition) is 4. The maximum atomic E-state index is 11.0. The summed E-state index contributed by atoms with van der Waals surface area (Å²) < 4.78 is 0. The number of rotatable bonds is 5. The second-order valence-electron chi connectivity index (χ2n) is 3.72. The number of primary amides is 1. The largest absolute Gasteiger partial charge is 0.397 e. The second-order valence-corrected chi connectivity index (χ2v) is 3.72. The Balaban J connectivity index is 2.85. The standard InChI is InChI=1S/C11H17N3O2/c1-7(4-5-15)14-10-6-8(11(13)16)2-3-9(10)12/h2-3,6-7,14-15H,4-5,12H2,1H3,(H2,13,16). The van der Waals surface area contributed by atoms with Gasteiger partial charge in [0, 0.05) is 18.2 Å². The Morgan fingerprint density at radius 2 is 2.25 bits per heavy atom. The van der Waals surface area contributed by atoms with Crippen molar-refractivity contribution >= 4 is 17.3 Å². The average Bonchev–Trinajstić information content (AvgIpc) is 2.21. The fourth-order valence-corrected chi connectivity index (χ4v) is 1.37. The van der Waals surface area contributed by atoms with Crippen LogP contribution >= 0.6 is 0 Å². The smallest absolute Gasteiger partial charge is 0.248 e. The van der Waals surface area contributed by atoms with Gasteiger partial charge in [-0.15, -0.1) is 0 Å². The van der Waals surface area contributed by atoms with E-state index < -0.39 is 5.91 Å². The lowest BCUT2D eigenvalue weighted by Crippen LogP contribution is -2.18. The van der Waals surface area contributed by atoms with Crippen LogP contribution in [0, 0.1) is 0 Å². The summed E-state index contributed by atoms with van der Waals surface area (Å²) >= 11 is 0. The Bertz CT molecular complexity index is 379. The van der Waals surface area contributed by atoms with E-state index in [0.717, 1.165) is 0 Å². The molecule has 88 valence electrons. The normalized spacial score (nSPS) is 12.1. The summed E-state index contributed by atoms with van der Waals surface area (Å²) in [6.45, 7) is 2.02. The molecule has 16 heavy (non-hydrogen) atoms. The van der Waals surface area contributed by atoms with E-state index >= 15 is 0 Å². The Labute approximate surface area is 94.4 Å². The van der Waals surface area contributed by atoms with Gasteiger partial charge in [-0.05, 0) is 31.5 Å². The molecule has 0 saturated carbocycles. The first kappa shape index (κ1) is 12.3. The average molecular weight is 223 g/mol. The predicted molar refractivity (Wildman–Crippen MR) is 64.2 cm³/mol. The zero-order valence-corrected chi connectivity index (χ0v) is 9.23. The van der Waals surface area contributed by atoms with Crippen LogP contribution in [0.4, 0.5) is 11.4 Å². The van der Waals surface area contributed by atoms with Gasteiger partial charge in [-0.25, -0.2) is 0 Å². The van der Waals surface area contributed by atoms with Gasteiger partial charge in [-0.1, -0.05) is 0 Å². The molecule has 0 aliphatic carbocycles. The lowest BCUT2D eigenvalue weighted by Gasteiger charge is -2.16. The molecule has 1 amide bonds. The van der Waals surface area contributed by atoms with Crippen molar-refractivity contribution in [3.8, 4) is 0 Å². The van der Waals surface area contributed by atoms with Gasteiger partial charge in [0.2, 0.25) is 5.91 Å². The third-order valence-electron chi connectivity index (χ3n) is 2.30. The molecule has 5 nitrogen and oxygen atoms in total. The molecule has 0 aliphatic rings. The van der Waals surface area contributed by atoms with E-state index in [1.54, 1.807) is 18.2 Å². The number of carbonyl (C=O) groups is 1. The van der Waals surface area contributed by atoms with E-state index in [1.807, 2.05) is 6.92 Å². The number of nitrogen functional groups attached to an aromatic ring is 1. The quantitative estimate of drug-likeness (QED) is 0.547. The number of benzene rings is 1. The molecule has 1 atom stereocenters. The summed E-state index contributed by atoms with van der Waals surface area (Å²) in [5.74, 6) is -0.488. The summed E-state index contributed by atoms with van der Waals surface area (Å²) in [6, 6.07) is 4.91. The van der Waals surface area contributed by atoms with Crippen LogP contribution < -0.4 is 16.8 Å². The molecule has 0 bridgehead atoms. The number of carbonyl (C=O) groups excluding carboxylic acids is 1. The molecular formula is C11H17N3O2. The fraction of sp³-hybridized carbons (Fsp3) is 0.364. The van der Waals surface area contributed by atoms with E-state index in [0.29, 0.717) is 23.4 Å². The van der Waals surface area contributed by atoms with Gasteiger partial charge in [0.1, 0.15) is 0 Å². The summed E-state index contributed by atoms with van der Waals surface area (Å²) in [6.07, 6.45) is 0.611. The zero-order valence-electron chi connectivity index (χ0n) is 9.23. The Morgan fingerprint density at radius 1 is 1.56 bits per heavy atom. The lowest BCUT2D eigenvalue weighted by molar-refractivity contribution is 0.100. The molecule has 0 saturated heterocycles. The molecule has 0 radical (unpaired) electrons. The molecule has 0 aromatic heterocycles. The number of aliphatic hydroxyl groups is 1.